The van der Waals surface area contributed by atoms with Gasteiger partial charge in [-0.05, 0) is 24.3 Å². The molecule has 0 atom stereocenters. The number of aromatic amines is 2. The molecule has 35 heavy (non-hydrogen) atoms. The molecule has 0 saturated heterocycles. The van der Waals surface area contributed by atoms with Crippen molar-refractivity contribution < 1.29 is 13.9 Å². The largest absolute Gasteiger partial charge is 0.455 e. The van der Waals surface area contributed by atoms with Gasteiger partial charge in [0.25, 0.3) is 0 Å². The molecule has 4 N–H and O–H groups in total. The van der Waals surface area contributed by atoms with Gasteiger partial charge in [-0.15, -0.1) is 0 Å². The molecule has 0 bridgehead atoms. The number of nitrogens with one attached hydrogen (secondary N) is 4. The monoisotopic (exact) mass is 473 g/mol. The number of rotatable bonds is 5. The number of halogens is 1. The van der Waals surface area contributed by atoms with Crippen LogP contribution in [0, 0.1) is 5.82 Å². The number of para-hydroxylation sites is 1. The molecule has 0 radical (unpaired) electrons. The van der Waals surface area contributed by atoms with Crippen molar-refractivity contribution in [2.24, 2.45) is 0 Å². The van der Waals surface area contributed by atoms with Crippen LogP contribution in [0.3, 0.4) is 0 Å². The highest BCUT2D eigenvalue weighted by molar-refractivity contribution is 5.99. The molecule has 12 heteroatoms. The summed E-state index contributed by atoms with van der Waals surface area (Å²) in [6.07, 6.45) is 2.89. The number of aromatic nitrogens is 5. The first-order chi connectivity index (χ1) is 17.0. The summed E-state index contributed by atoms with van der Waals surface area (Å²) in [6.45, 7) is 0. The number of fused-ring (bicyclic) bond motifs is 1. The molecule has 0 unspecified atom stereocenters. The van der Waals surface area contributed by atoms with Crippen LogP contribution in [0.1, 0.15) is 0 Å². The number of hydrogen-bond acceptors (Lipinski definition) is 6. The SMILES string of the molecule is O=C(Nc1ccc(Oc2ccnc3[nH]c(=O)c(=O)[nH]c23)cc1F)Nc1ccnn1-c1ccccc1. The van der Waals surface area contributed by atoms with Gasteiger partial charge >= 0.3 is 17.1 Å². The summed E-state index contributed by atoms with van der Waals surface area (Å²) in [4.78, 5) is 44.3. The predicted molar refractivity (Wildman–Crippen MR) is 126 cm³/mol. The molecule has 2 amide bonds. The maximum Gasteiger partial charge on any atom is 0.324 e. The molecule has 5 rings (SSSR count). The Kier molecular flexibility index (Phi) is 5.51. The highest BCUT2D eigenvalue weighted by Crippen LogP contribution is 2.28. The van der Waals surface area contributed by atoms with Crippen LogP contribution >= 0.6 is 0 Å². The van der Waals surface area contributed by atoms with Crippen molar-refractivity contribution in [3.63, 3.8) is 0 Å². The molecule has 0 fully saturated rings. The van der Waals surface area contributed by atoms with Gasteiger partial charge in [0.2, 0.25) is 0 Å². The Hall–Kier alpha value is -5.26. The van der Waals surface area contributed by atoms with Crippen molar-refractivity contribution in [3.8, 4) is 17.2 Å². The molecule has 0 spiro atoms. The smallest absolute Gasteiger partial charge is 0.324 e. The average molecular weight is 473 g/mol. The van der Waals surface area contributed by atoms with Crippen LogP contribution in [0.4, 0.5) is 20.7 Å². The number of carbonyl (C=O) groups excluding carboxylic acids is 1. The lowest BCUT2D eigenvalue weighted by Crippen LogP contribution is -2.29. The maximum absolute atomic E-state index is 14.7. The van der Waals surface area contributed by atoms with Crippen LogP contribution in [0.2, 0.25) is 0 Å². The normalized spacial score (nSPS) is 10.8. The van der Waals surface area contributed by atoms with Gasteiger partial charge < -0.3 is 20.0 Å². The Morgan fingerprint density at radius 3 is 2.54 bits per heavy atom. The third kappa shape index (κ3) is 4.48. The van der Waals surface area contributed by atoms with E-state index in [1.807, 2.05) is 30.3 Å². The zero-order valence-corrected chi connectivity index (χ0v) is 17.8. The molecular formula is C23H16FN7O4. The minimum Gasteiger partial charge on any atom is -0.455 e. The second-order valence-electron chi connectivity index (χ2n) is 7.23. The summed E-state index contributed by atoms with van der Waals surface area (Å²) in [5.74, 6) is -0.120. The van der Waals surface area contributed by atoms with Crippen molar-refractivity contribution in [1.82, 2.24) is 24.7 Å². The number of pyridine rings is 1. The van der Waals surface area contributed by atoms with Gasteiger partial charge in [0.1, 0.15) is 22.9 Å². The standard InChI is InChI=1S/C23H16FN7O4/c24-15-12-14(35-17-8-10-25-20-19(17)29-21(32)22(33)30-20)6-7-16(15)27-23(34)28-18-9-11-26-31(18)13-4-2-1-3-5-13/h1-12H,(H,29,32)(H,25,30,33)(H2,27,28,34). The molecular weight excluding hydrogens is 457 g/mol. The van der Waals surface area contributed by atoms with E-state index in [0.717, 1.165) is 11.8 Å². The maximum atomic E-state index is 14.7. The van der Waals surface area contributed by atoms with Crippen molar-refractivity contribution in [2.45, 2.75) is 0 Å². The summed E-state index contributed by atoms with van der Waals surface area (Å²) in [7, 11) is 0. The van der Waals surface area contributed by atoms with E-state index < -0.39 is 23.0 Å². The van der Waals surface area contributed by atoms with Crippen LogP contribution in [0.15, 0.2) is 82.6 Å². The van der Waals surface area contributed by atoms with Crippen LogP contribution in [-0.2, 0) is 0 Å². The molecule has 0 aliphatic carbocycles. The van der Waals surface area contributed by atoms with E-state index in [2.05, 4.69) is 30.7 Å². The number of nitrogens with zero attached hydrogens (tertiary/aromatic N) is 3. The number of hydrogen-bond donors (Lipinski definition) is 4. The first-order valence-corrected chi connectivity index (χ1v) is 10.2. The van der Waals surface area contributed by atoms with E-state index in [1.165, 1.54) is 35.3 Å². The van der Waals surface area contributed by atoms with E-state index in [4.69, 9.17) is 4.74 Å². The fourth-order valence-electron chi connectivity index (χ4n) is 3.31. The van der Waals surface area contributed by atoms with Gasteiger partial charge in [-0.3, -0.25) is 14.9 Å². The Balaban J connectivity index is 1.32. The number of amides is 2. The third-order valence-corrected chi connectivity index (χ3v) is 4.89. The molecule has 3 heterocycles. The van der Waals surface area contributed by atoms with Gasteiger partial charge in [-0.2, -0.15) is 5.10 Å². The van der Waals surface area contributed by atoms with Crippen molar-refractivity contribution >= 4 is 28.7 Å². The minimum atomic E-state index is -0.874. The summed E-state index contributed by atoms with van der Waals surface area (Å²) in [5.41, 5.74) is -0.812. The van der Waals surface area contributed by atoms with Gasteiger partial charge in [0.05, 0.1) is 17.6 Å². The summed E-state index contributed by atoms with van der Waals surface area (Å²) >= 11 is 0. The summed E-state index contributed by atoms with van der Waals surface area (Å²) in [6, 6.07) is 15.4. The van der Waals surface area contributed by atoms with E-state index in [9.17, 15) is 18.8 Å². The van der Waals surface area contributed by atoms with Crippen LogP contribution in [-0.4, -0.2) is 30.8 Å². The zero-order chi connectivity index (χ0) is 24.4. The summed E-state index contributed by atoms with van der Waals surface area (Å²) in [5, 5.41) is 9.26. The number of H-pyrrole nitrogens is 2. The van der Waals surface area contributed by atoms with E-state index in [0.29, 0.717) is 5.82 Å². The Morgan fingerprint density at radius 1 is 0.943 bits per heavy atom. The van der Waals surface area contributed by atoms with Crippen molar-refractivity contribution in [3.05, 3.63) is 99.6 Å². The third-order valence-electron chi connectivity index (χ3n) is 4.89. The quantitative estimate of drug-likeness (QED) is 0.288. The zero-order valence-electron chi connectivity index (χ0n) is 17.8. The molecule has 11 nitrogen and oxygen atoms in total. The Morgan fingerprint density at radius 2 is 1.74 bits per heavy atom. The molecule has 0 aliphatic rings. The summed E-state index contributed by atoms with van der Waals surface area (Å²) < 4.78 is 21.9. The first kappa shape index (κ1) is 21.6. The molecule has 0 saturated carbocycles. The van der Waals surface area contributed by atoms with Crippen LogP contribution in [0.25, 0.3) is 16.9 Å². The van der Waals surface area contributed by atoms with E-state index in [-0.39, 0.29) is 28.4 Å². The Bertz CT molecular complexity index is 1660. The second-order valence-corrected chi connectivity index (χ2v) is 7.23. The predicted octanol–water partition coefficient (Wildman–Crippen LogP) is 3.37. The van der Waals surface area contributed by atoms with Crippen molar-refractivity contribution in [2.75, 3.05) is 10.6 Å². The number of anilines is 2. The van der Waals surface area contributed by atoms with Gasteiger partial charge in [0, 0.05) is 24.4 Å². The fraction of sp³-hybridized carbons (Fsp3) is 0. The van der Waals surface area contributed by atoms with Gasteiger partial charge in [-0.25, -0.2) is 18.9 Å². The highest BCUT2D eigenvalue weighted by atomic mass is 19.1. The van der Waals surface area contributed by atoms with Crippen LogP contribution in [0.5, 0.6) is 11.5 Å². The highest BCUT2D eigenvalue weighted by Gasteiger charge is 2.13. The first-order valence-electron chi connectivity index (χ1n) is 10.2. The number of ether oxygens (including phenoxy) is 1. The molecule has 3 aromatic heterocycles. The fourth-order valence-corrected chi connectivity index (χ4v) is 3.31. The van der Waals surface area contributed by atoms with E-state index in [1.54, 1.807) is 6.07 Å². The Labute approximate surface area is 195 Å². The van der Waals surface area contributed by atoms with Gasteiger partial charge in [0.15, 0.2) is 11.4 Å². The minimum absolute atomic E-state index is 0.0852. The van der Waals surface area contributed by atoms with Crippen LogP contribution < -0.4 is 26.5 Å². The second kappa shape index (κ2) is 8.94. The lowest BCUT2D eigenvalue weighted by atomic mass is 10.3. The van der Waals surface area contributed by atoms with Gasteiger partial charge in [-0.1, -0.05) is 18.2 Å². The topological polar surface area (TPSA) is 147 Å². The number of carbonyl (C=O) groups is 1. The number of urea groups is 1. The lowest BCUT2D eigenvalue weighted by Gasteiger charge is -2.12. The molecule has 5 aromatic rings. The molecule has 2 aromatic carbocycles. The van der Waals surface area contributed by atoms with Crippen molar-refractivity contribution in [1.29, 1.82) is 0 Å². The van der Waals surface area contributed by atoms with E-state index >= 15 is 0 Å². The number of benzene rings is 2. The molecule has 0 aliphatic heterocycles. The average Bonchev–Trinajstić information content (AvgIpc) is 3.30. The lowest BCUT2D eigenvalue weighted by molar-refractivity contribution is 0.262. The molecule has 174 valence electrons.